The number of H-pyrrole nitrogens is 2. The lowest BCUT2D eigenvalue weighted by Crippen LogP contribution is -2.32. The van der Waals surface area contributed by atoms with E-state index < -0.39 is 5.82 Å². The molecule has 0 amide bonds. The number of carbonyl (C=O) groups is 1. The van der Waals surface area contributed by atoms with Crippen LogP contribution in [0.1, 0.15) is 6.92 Å². The molecule has 0 saturated carbocycles. The molecule has 0 unspecified atom stereocenters. The highest BCUT2D eigenvalue weighted by Crippen LogP contribution is 2.28. The van der Waals surface area contributed by atoms with E-state index in [9.17, 15) is 4.39 Å². The predicted octanol–water partition coefficient (Wildman–Crippen LogP) is 2.30. The number of aromatic nitrogens is 4. The summed E-state index contributed by atoms with van der Waals surface area (Å²) in [6.07, 6.45) is 1.66. The summed E-state index contributed by atoms with van der Waals surface area (Å²) < 4.78 is 24.1. The van der Waals surface area contributed by atoms with Crippen LogP contribution in [-0.2, 0) is 9.53 Å². The topological polar surface area (TPSA) is 108 Å². The molecule has 3 heterocycles. The number of halogens is 1. The molecule has 1 aliphatic heterocycles. The molecule has 0 bridgehead atoms. The number of morpholine rings is 1. The number of nitrogens with one attached hydrogen (secondary N) is 3. The minimum absolute atomic E-state index is 0.205. The number of anilines is 1. The monoisotopic (exact) mass is 406 g/mol. The third-order valence-corrected chi connectivity index (χ3v) is 4.22. The molecular formula is C19H27FN6O3. The summed E-state index contributed by atoms with van der Waals surface area (Å²) in [5.41, 5.74) is 2.79. The number of imidazole rings is 1. The summed E-state index contributed by atoms with van der Waals surface area (Å²) in [4.78, 5) is 17.8. The van der Waals surface area contributed by atoms with Crippen molar-refractivity contribution in [2.45, 2.75) is 6.92 Å². The van der Waals surface area contributed by atoms with Crippen LogP contribution in [-0.4, -0.2) is 78.9 Å². The molecule has 0 spiro atoms. The van der Waals surface area contributed by atoms with Crippen LogP contribution in [0, 0.1) is 5.82 Å². The van der Waals surface area contributed by atoms with Gasteiger partial charge in [-0.05, 0) is 14.0 Å². The van der Waals surface area contributed by atoms with E-state index in [2.05, 4.69) is 37.4 Å². The first-order valence-electron chi connectivity index (χ1n) is 9.21. The summed E-state index contributed by atoms with van der Waals surface area (Å²) >= 11 is 0. The SMILES string of the molecule is C=O.CCOc1cc2nc(-c3[nH]ncc3NC)[nH]c2cc1F.CN1CCOCC1. The number of rotatable bonds is 4. The second-order valence-electron chi connectivity index (χ2n) is 6.14. The van der Waals surface area contributed by atoms with Gasteiger partial charge in [0.2, 0.25) is 0 Å². The number of fused-ring (bicyclic) bond motifs is 1. The molecule has 158 valence electrons. The van der Waals surface area contributed by atoms with Gasteiger partial charge >= 0.3 is 0 Å². The molecule has 1 saturated heterocycles. The molecule has 29 heavy (non-hydrogen) atoms. The molecular weight excluding hydrogens is 379 g/mol. The van der Waals surface area contributed by atoms with Crippen LogP contribution in [0.3, 0.4) is 0 Å². The molecule has 3 N–H and O–H groups in total. The first-order valence-corrected chi connectivity index (χ1v) is 9.21. The number of aromatic amines is 2. The third kappa shape index (κ3) is 5.75. The molecule has 1 aliphatic rings. The van der Waals surface area contributed by atoms with Gasteiger partial charge in [0.25, 0.3) is 0 Å². The van der Waals surface area contributed by atoms with E-state index in [1.54, 1.807) is 19.3 Å². The van der Waals surface area contributed by atoms with E-state index in [-0.39, 0.29) is 5.75 Å². The van der Waals surface area contributed by atoms with Crippen LogP contribution in [0.15, 0.2) is 18.3 Å². The molecule has 1 fully saturated rings. The zero-order valence-electron chi connectivity index (χ0n) is 16.9. The highest BCUT2D eigenvalue weighted by Gasteiger charge is 2.14. The van der Waals surface area contributed by atoms with Gasteiger partial charge in [0.05, 0.1) is 42.7 Å². The standard InChI is InChI=1S/C13H14FN5O.C5H11NO.CH2O/c1-3-20-11-5-9-8(4-7(11)14)17-13(18-9)12-10(15-2)6-16-19-12;1-6-2-4-7-5-3-6;1-2/h4-6,15H,3H2,1-2H3,(H,16,19)(H,17,18);2-5H2,1H3;1H2. The van der Waals surface area contributed by atoms with E-state index in [0.29, 0.717) is 23.5 Å². The number of hydrogen-bond acceptors (Lipinski definition) is 7. The molecule has 0 radical (unpaired) electrons. The first kappa shape index (κ1) is 22.3. The molecule has 10 heteroatoms. The van der Waals surface area contributed by atoms with Gasteiger partial charge in [-0.2, -0.15) is 5.10 Å². The number of hydrogen-bond donors (Lipinski definition) is 3. The van der Waals surface area contributed by atoms with E-state index in [1.807, 2.05) is 13.7 Å². The molecule has 0 atom stereocenters. The number of carbonyl (C=O) groups excluding carboxylic acids is 1. The summed E-state index contributed by atoms with van der Waals surface area (Å²) in [6, 6.07) is 2.97. The Morgan fingerprint density at radius 2 is 2.07 bits per heavy atom. The number of ether oxygens (including phenoxy) is 2. The van der Waals surface area contributed by atoms with Crippen LogP contribution >= 0.6 is 0 Å². The fraction of sp³-hybridized carbons (Fsp3) is 0.421. The fourth-order valence-electron chi connectivity index (χ4n) is 2.71. The average molecular weight is 406 g/mol. The highest BCUT2D eigenvalue weighted by atomic mass is 19.1. The second kappa shape index (κ2) is 11.1. The normalized spacial score (nSPS) is 13.8. The van der Waals surface area contributed by atoms with E-state index in [1.165, 1.54) is 6.07 Å². The largest absolute Gasteiger partial charge is 0.491 e. The summed E-state index contributed by atoms with van der Waals surface area (Å²) in [7, 11) is 3.91. The molecule has 4 rings (SSSR count). The second-order valence-corrected chi connectivity index (χ2v) is 6.14. The maximum absolute atomic E-state index is 13.8. The van der Waals surface area contributed by atoms with Crippen LogP contribution in [0.25, 0.3) is 22.6 Å². The van der Waals surface area contributed by atoms with Crippen LogP contribution in [0.5, 0.6) is 5.75 Å². The Balaban J connectivity index is 0.000000280. The minimum atomic E-state index is -0.409. The Morgan fingerprint density at radius 1 is 1.34 bits per heavy atom. The molecule has 2 aromatic heterocycles. The maximum atomic E-state index is 13.8. The molecule has 3 aromatic rings. The third-order valence-electron chi connectivity index (χ3n) is 4.22. The average Bonchev–Trinajstić information content (AvgIpc) is 3.37. The Morgan fingerprint density at radius 3 is 2.66 bits per heavy atom. The molecule has 0 aliphatic carbocycles. The number of likely N-dealkylation sites (N-methyl/N-ethyl adjacent to an activating group) is 1. The van der Waals surface area contributed by atoms with Crippen LogP contribution in [0.2, 0.25) is 0 Å². The van der Waals surface area contributed by atoms with Gasteiger partial charge < -0.3 is 29.5 Å². The summed E-state index contributed by atoms with van der Waals surface area (Å²) in [6.45, 7) is 8.24. The van der Waals surface area contributed by atoms with Crippen molar-refractivity contribution in [1.82, 2.24) is 25.1 Å². The van der Waals surface area contributed by atoms with E-state index >= 15 is 0 Å². The van der Waals surface area contributed by atoms with Crippen molar-refractivity contribution in [1.29, 1.82) is 0 Å². The smallest absolute Gasteiger partial charge is 0.167 e. The van der Waals surface area contributed by atoms with Crippen molar-refractivity contribution in [3.05, 3.63) is 24.1 Å². The fourth-order valence-corrected chi connectivity index (χ4v) is 2.71. The zero-order valence-corrected chi connectivity index (χ0v) is 16.9. The van der Waals surface area contributed by atoms with Gasteiger partial charge in [-0.3, -0.25) is 5.10 Å². The van der Waals surface area contributed by atoms with Gasteiger partial charge in [-0.15, -0.1) is 0 Å². The van der Waals surface area contributed by atoms with Crippen molar-refractivity contribution in [3.63, 3.8) is 0 Å². The van der Waals surface area contributed by atoms with Crippen molar-refractivity contribution in [3.8, 4) is 17.3 Å². The van der Waals surface area contributed by atoms with E-state index in [0.717, 1.165) is 37.7 Å². The maximum Gasteiger partial charge on any atom is 0.167 e. The Kier molecular flexibility index (Phi) is 8.56. The van der Waals surface area contributed by atoms with Gasteiger partial charge in [-0.25, -0.2) is 9.37 Å². The summed E-state index contributed by atoms with van der Waals surface area (Å²) in [5, 5.41) is 9.82. The Bertz CT molecular complexity index is 891. The van der Waals surface area contributed by atoms with Crippen molar-refractivity contribution >= 4 is 23.5 Å². The lowest BCUT2D eigenvalue weighted by Gasteiger charge is -2.21. The van der Waals surface area contributed by atoms with Gasteiger partial charge in [0.1, 0.15) is 12.5 Å². The highest BCUT2D eigenvalue weighted by molar-refractivity contribution is 5.82. The van der Waals surface area contributed by atoms with Crippen LogP contribution < -0.4 is 10.1 Å². The Hall–Kier alpha value is -2.98. The first-order chi connectivity index (χ1) is 14.1. The van der Waals surface area contributed by atoms with Crippen molar-refractivity contribution in [2.75, 3.05) is 52.3 Å². The predicted molar refractivity (Wildman–Crippen MR) is 110 cm³/mol. The summed E-state index contributed by atoms with van der Waals surface area (Å²) in [5.74, 6) is 0.388. The molecule has 1 aromatic carbocycles. The number of benzene rings is 1. The van der Waals surface area contributed by atoms with Crippen molar-refractivity contribution < 1.29 is 18.7 Å². The van der Waals surface area contributed by atoms with Crippen molar-refractivity contribution in [2.24, 2.45) is 0 Å². The lowest BCUT2D eigenvalue weighted by molar-refractivity contribution is -0.0979. The van der Waals surface area contributed by atoms with E-state index in [4.69, 9.17) is 14.3 Å². The zero-order chi connectivity index (χ0) is 21.2. The molecule has 9 nitrogen and oxygen atoms in total. The van der Waals surface area contributed by atoms with Gasteiger partial charge in [0.15, 0.2) is 17.4 Å². The number of nitrogens with zero attached hydrogens (tertiary/aromatic N) is 3. The minimum Gasteiger partial charge on any atom is -0.491 e. The van der Waals surface area contributed by atoms with Gasteiger partial charge in [-0.1, -0.05) is 0 Å². The quantitative estimate of drug-likeness (QED) is 0.610. The lowest BCUT2D eigenvalue weighted by atomic mass is 10.3. The van der Waals surface area contributed by atoms with Gasteiger partial charge in [0, 0.05) is 32.3 Å². The Labute approximate surface area is 168 Å². The van der Waals surface area contributed by atoms with Crippen LogP contribution in [0.4, 0.5) is 10.1 Å².